The highest BCUT2D eigenvalue weighted by molar-refractivity contribution is 7.12. The van der Waals surface area contributed by atoms with E-state index in [1.807, 2.05) is 0 Å². The number of amides is 1. The Morgan fingerprint density at radius 1 is 1.37 bits per heavy atom. The molecule has 0 radical (unpaired) electrons. The maximum atomic E-state index is 13.3. The van der Waals surface area contributed by atoms with Gasteiger partial charge in [-0.1, -0.05) is 22.9 Å². The van der Waals surface area contributed by atoms with Crippen molar-refractivity contribution in [1.29, 1.82) is 0 Å². The van der Waals surface area contributed by atoms with Crippen LogP contribution in [-0.4, -0.2) is 33.5 Å². The monoisotopic (exact) mass is 411 g/mol. The van der Waals surface area contributed by atoms with Crippen LogP contribution in [0.2, 0.25) is 5.15 Å². The van der Waals surface area contributed by atoms with Gasteiger partial charge in [0.2, 0.25) is 0 Å². The zero-order valence-electron chi connectivity index (χ0n) is 14.2. The van der Waals surface area contributed by atoms with Crippen LogP contribution in [0.4, 0.5) is 8.78 Å². The summed E-state index contributed by atoms with van der Waals surface area (Å²) in [4.78, 5) is 13.0. The summed E-state index contributed by atoms with van der Waals surface area (Å²) in [6.45, 7) is 0.153. The van der Waals surface area contributed by atoms with Gasteiger partial charge >= 0.3 is 0 Å². The number of aryl methyl sites for hydroxylation is 1. The number of nitrogens with zero attached hydrogens (tertiary/aromatic N) is 3. The molecule has 0 aliphatic rings. The van der Waals surface area contributed by atoms with Gasteiger partial charge in [0.25, 0.3) is 5.91 Å². The molecule has 1 unspecified atom stereocenters. The molecule has 1 atom stereocenters. The van der Waals surface area contributed by atoms with E-state index in [-0.39, 0.29) is 24.0 Å². The first kappa shape index (κ1) is 19.4. The normalized spacial score (nSPS) is 12.2. The third-order valence-corrected chi connectivity index (χ3v) is 5.15. The number of hydrogen-bond donors (Lipinski definition) is 2. The van der Waals surface area contributed by atoms with Gasteiger partial charge < -0.3 is 11.1 Å². The SMILES string of the molecule is Cn1nnc(Cl)c1-c1csc(C(=O)NC(CN)Cc2ccc(F)c(F)c2)c1. The summed E-state index contributed by atoms with van der Waals surface area (Å²) in [6.07, 6.45) is 0.287. The number of aromatic nitrogens is 3. The van der Waals surface area contributed by atoms with Gasteiger partial charge in [-0.15, -0.1) is 16.4 Å². The molecule has 0 fully saturated rings. The molecule has 0 saturated heterocycles. The molecule has 3 aromatic rings. The zero-order chi connectivity index (χ0) is 19.6. The third kappa shape index (κ3) is 4.32. The minimum absolute atomic E-state index is 0.153. The van der Waals surface area contributed by atoms with Crippen molar-refractivity contribution in [1.82, 2.24) is 20.3 Å². The van der Waals surface area contributed by atoms with Crippen LogP contribution in [0, 0.1) is 11.6 Å². The number of benzene rings is 1. The van der Waals surface area contributed by atoms with E-state index >= 15 is 0 Å². The number of carbonyl (C=O) groups is 1. The molecule has 0 aliphatic heterocycles. The summed E-state index contributed by atoms with van der Waals surface area (Å²) in [5.74, 6) is -2.16. The molecule has 142 valence electrons. The smallest absolute Gasteiger partial charge is 0.261 e. The maximum Gasteiger partial charge on any atom is 0.261 e. The highest BCUT2D eigenvalue weighted by atomic mass is 35.5. The topological polar surface area (TPSA) is 85.8 Å². The summed E-state index contributed by atoms with van der Waals surface area (Å²) in [5.41, 5.74) is 7.61. The van der Waals surface area contributed by atoms with Crippen LogP contribution in [0.25, 0.3) is 11.3 Å². The fourth-order valence-electron chi connectivity index (χ4n) is 2.62. The van der Waals surface area contributed by atoms with Crippen molar-refractivity contribution in [3.63, 3.8) is 0 Å². The fraction of sp³-hybridized carbons (Fsp3) is 0.235. The number of rotatable bonds is 6. The van der Waals surface area contributed by atoms with Gasteiger partial charge in [0, 0.05) is 30.6 Å². The third-order valence-electron chi connectivity index (χ3n) is 3.97. The summed E-state index contributed by atoms with van der Waals surface area (Å²) in [6, 6.07) is 4.89. The molecular weight excluding hydrogens is 396 g/mol. The first-order chi connectivity index (χ1) is 12.9. The Morgan fingerprint density at radius 3 is 2.78 bits per heavy atom. The molecule has 1 aromatic carbocycles. The number of nitrogens with two attached hydrogens (primary N) is 1. The van der Waals surface area contributed by atoms with Gasteiger partial charge in [-0.2, -0.15) is 0 Å². The van der Waals surface area contributed by atoms with E-state index in [4.69, 9.17) is 17.3 Å². The fourth-order valence-corrected chi connectivity index (χ4v) is 3.68. The Hall–Kier alpha value is -2.36. The van der Waals surface area contributed by atoms with Gasteiger partial charge in [-0.25, -0.2) is 13.5 Å². The van der Waals surface area contributed by atoms with Crippen LogP contribution in [0.5, 0.6) is 0 Å². The Labute approximate surface area is 162 Å². The average Bonchev–Trinajstić information content (AvgIpc) is 3.24. The van der Waals surface area contributed by atoms with E-state index in [2.05, 4.69) is 15.6 Å². The van der Waals surface area contributed by atoms with E-state index in [1.165, 1.54) is 22.1 Å². The molecule has 0 aliphatic carbocycles. The van der Waals surface area contributed by atoms with Crippen molar-refractivity contribution in [2.75, 3.05) is 6.54 Å². The molecule has 0 saturated carbocycles. The largest absolute Gasteiger partial charge is 0.347 e. The number of carbonyl (C=O) groups excluding carboxylic acids is 1. The predicted octanol–water partition coefficient (Wildman–Crippen LogP) is 2.78. The lowest BCUT2D eigenvalue weighted by molar-refractivity contribution is 0.0942. The average molecular weight is 412 g/mol. The molecule has 2 aromatic heterocycles. The first-order valence-electron chi connectivity index (χ1n) is 7.98. The summed E-state index contributed by atoms with van der Waals surface area (Å²) in [5, 5.41) is 12.5. The highest BCUT2D eigenvalue weighted by Gasteiger charge is 2.18. The molecule has 3 rings (SSSR count). The van der Waals surface area contributed by atoms with Crippen LogP contribution in [0.3, 0.4) is 0 Å². The standard InChI is InChI=1S/C17H16ClF2N5OS/c1-25-15(16(18)23-24-25)10-6-14(27-8-10)17(26)22-11(7-21)4-9-2-3-12(19)13(20)5-9/h2-3,5-6,8,11H,4,7,21H2,1H3,(H,22,26). The van der Waals surface area contributed by atoms with Crippen LogP contribution >= 0.6 is 22.9 Å². The minimum Gasteiger partial charge on any atom is -0.347 e. The predicted molar refractivity (Wildman–Crippen MR) is 99.7 cm³/mol. The maximum absolute atomic E-state index is 13.3. The second kappa shape index (κ2) is 8.12. The zero-order valence-corrected chi connectivity index (χ0v) is 15.8. The van der Waals surface area contributed by atoms with Crippen LogP contribution in [0.15, 0.2) is 29.6 Å². The highest BCUT2D eigenvalue weighted by Crippen LogP contribution is 2.29. The molecular formula is C17H16ClF2N5OS. The molecule has 0 spiro atoms. The van der Waals surface area contributed by atoms with Crippen molar-refractivity contribution in [2.24, 2.45) is 12.8 Å². The van der Waals surface area contributed by atoms with E-state index in [0.717, 1.165) is 17.7 Å². The van der Waals surface area contributed by atoms with Gasteiger partial charge in [0.15, 0.2) is 16.8 Å². The van der Waals surface area contributed by atoms with Gasteiger partial charge in [-0.05, 0) is 30.2 Å². The van der Waals surface area contributed by atoms with Crippen molar-refractivity contribution in [3.8, 4) is 11.3 Å². The Kier molecular flexibility index (Phi) is 5.83. The van der Waals surface area contributed by atoms with Gasteiger partial charge in [0.05, 0.1) is 4.88 Å². The lowest BCUT2D eigenvalue weighted by Gasteiger charge is -2.16. The molecule has 10 heteroatoms. The van der Waals surface area contributed by atoms with Crippen LogP contribution in [-0.2, 0) is 13.5 Å². The first-order valence-corrected chi connectivity index (χ1v) is 9.23. The van der Waals surface area contributed by atoms with E-state index < -0.39 is 17.7 Å². The summed E-state index contributed by atoms with van der Waals surface area (Å²) >= 11 is 7.27. The van der Waals surface area contributed by atoms with E-state index in [0.29, 0.717) is 16.1 Å². The summed E-state index contributed by atoms with van der Waals surface area (Å²) < 4.78 is 27.9. The number of thiophene rings is 1. The van der Waals surface area contributed by atoms with Crippen molar-refractivity contribution < 1.29 is 13.6 Å². The molecule has 2 heterocycles. The number of halogens is 3. The minimum atomic E-state index is -0.931. The van der Waals surface area contributed by atoms with Crippen molar-refractivity contribution in [2.45, 2.75) is 12.5 Å². The molecule has 3 N–H and O–H groups in total. The number of hydrogen-bond acceptors (Lipinski definition) is 5. The second-order valence-electron chi connectivity index (χ2n) is 5.91. The molecule has 0 bridgehead atoms. The molecule has 1 amide bonds. The van der Waals surface area contributed by atoms with E-state index in [1.54, 1.807) is 18.5 Å². The summed E-state index contributed by atoms with van der Waals surface area (Å²) in [7, 11) is 1.71. The van der Waals surface area contributed by atoms with Crippen LogP contribution < -0.4 is 11.1 Å². The lowest BCUT2D eigenvalue weighted by Crippen LogP contribution is -2.41. The van der Waals surface area contributed by atoms with Crippen LogP contribution in [0.1, 0.15) is 15.2 Å². The van der Waals surface area contributed by atoms with Crippen molar-refractivity contribution >= 4 is 28.8 Å². The number of nitrogens with one attached hydrogen (secondary N) is 1. The Balaban J connectivity index is 1.71. The Morgan fingerprint density at radius 2 is 2.15 bits per heavy atom. The van der Waals surface area contributed by atoms with Gasteiger partial charge in [0.1, 0.15) is 5.69 Å². The molecule has 27 heavy (non-hydrogen) atoms. The Bertz CT molecular complexity index is 955. The van der Waals surface area contributed by atoms with E-state index in [9.17, 15) is 13.6 Å². The van der Waals surface area contributed by atoms with Crippen molar-refractivity contribution in [3.05, 3.63) is 56.9 Å². The second-order valence-corrected chi connectivity index (χ2v) is 7.18. The lowest BCUT2D eigenvalue weighted by atomic mass is 10.1. The van der Waals surface area contributed by atoms with Gasteiger partial charge in [-0.3, -0.25) is 4.79 Å². The molecule has 6 nitrogen and oxygen atoms in total. The quantitative estimate of drug-likeness (QED) is 0.653.